The number of aromatic amines is 1. The third kappa shape index (κ3) is 1.40. The van der Waals surface area contributed by atoms with Gasteiger partial charge in [0.05, 0.1) is 11.1 Å². The fourth-order valence-corrected chi connectivity index (χ4v) is 2.05. The van der Waals surface area contributed by atoms with Gasteiger partial charge in [-0.2, -0.15) is 5.10 Å². The predicted octanol–water partition coefficient (Wildman–Crippen LogP) is 2.26. The monoisotopic (exact) mass is 192 g/mol. The Bertz CT molecular complexity index is 430. The van der Waals surface area contributed by atoms with Crippen molar-refractivity contribution in [2.45, 2.75) is 6.92 Å². The van der Waals surface area contributed by atoms with Crippen molar-refractivity contribution in [2.24, 2.45) is 0 Å². The molecule has 13 heavy (non-hydrogen) atoms. The van der Waals surface area contributed by atoms with Crippen LogP contribution in [0.2, 0.25) is 0 Å². The Morgan fingerprint density at radius 3 is 2.92 bits per heavy atom. The Labute approximate surface area is 79.4 Å². The molecule has 0 unspecified atom stereocenters. The van der Waals surface area contributed by atoms with E-state index >= 15 is 0 Å². The van der Waals surface area contributed by atoms with Crippen molar-refractivity contribution in [1.29, 1.82) is 0 Å². The summed E-state index contributed by atoms with van der Waals surface area (Å²) in [6.07, 6.45) is 2.64. The van der Waals surface area contributed by atoms with E-state index in [0.29, 0.717) is 0 Å². The first kappa shape index (κ1) is 8.19. The molecule has 0 atom stereocenters. The Morgan fingerprint density at radius 1 is 1.54 bits per heavy atom. The number of hydrogen-bond acceptors (Lipinski definition) is 3. The van der Waals surface area contributed by atoms with E-state index in [4.69, 9.17) is 0 Å². The average Bonchev–Trinajstić information content (AvgIpc) is 2.71. The van der Waals surface area contributed by atoms with Gasteiger partial charge < -0.3 is 0 Å². The van der Waals surface area contributed by atoms with Crippen LogP contribution in [-0.2, 0) is 0 Å². The summed E-state index contributed by atoms with van der Waals surface area (Å²) in [5, 5.41) is 6.79. The van der Waals surface area contributed by atoms with Crippen molar-refractivity contribution < 1.29 is 4.79 Å². The van der Waals surface area contributed by atoms with Crippen LogP contribution in [0.3, 0.4) is 0 Å². The van der Waals surface area contributed by atoms with Gasteiger partial charge in [-0.05, 0) is 19.1 Å². The number of aldehydes is 1. The zero-order valence-corrected chi connectivity index (χ0v) is 7.89. The van der Waals surface area contributed by atoms with Crippen molar-refractivity contribution in [3.8, 4) is 10.4 Å². The quantitative estimate of drug-likeness (QED) is 0.742. The minimum atomic E-state index is 0.746. The standard InChI is InChI=1S/C9H8N2OS/c1-6-8(4-10-11-6)9-3-2-7(5-12)13-9/h2-5H,1H3,(H,10,11). The molecule has 0 aliphatic rings. The molecule has 0 radical (unpaired) electrons. The lowest BCUT2D eigenvalue weighted by Crippen LogP contribution is -1.72. The number of nitrogens with zero attached hydrogens (tertiary/aromatic N) is 1. The van der Waals surface area contributed by atoms with Crippen LogP contribution in [-0.4, -0.2) is 16.5 Å². The SMILES string of the molecule is Cc1[nH]ncc1-c1ccc(C=O)s1. The lowest BCUT2D eigenvalue weighted by molar-refractivity contribution is 0.112. The molecular weight excluding hydrogens is 184 g/mol. The van der Waals surface area contributed by atoms with Crippen LogP contribution in [0.4, 0.5) is 0 Å². The van der Waals surface area contributed by atoms with Crippen LogP contribution in [0.1, 0.15) is 15.4 Å². The third-order valence-corrected chi connectivity index (χ3v) is 2.88. The second-order valence-electron chi connectivity index (χ2n) is 2.73. The van der Waals surface area contributed by atoms with Gasteiger partial charge in [-0.1, -0.05) is 0 Å². The smallest absolute Gasteiger partial charge is 0.160 e. The number of hydrogen-bond donors (Lipinski definition) is 1. The highest BCUT2D eigenvalue weighted by Crippen LogP contribution is 2.28. The number of aromatic nitrogens is 2. The number of nitrogens with one attached hydrogen (secondary N) is 1. The van der Waals surface area contributed by atoms with Gasteiger partial charge in [0.25, 0.3) is 0 Å². The number of H-pyrrole nitrogens is 1. The van der Waals surface area contributed by atoms with Crippen LogP contribution in [0.15, 0.2) is 18.3 Å². The van der Waals surface area contributed by atoms with Crippen molar-refractivity contribution in [3.05, 3.63) is 28.9 Å². The topological polar surface area (TPSA) is 45.8 Å². The minimum Gasteiger partial charge on any atom is -0.297 e. The highest BCUT2D eigenvalue weighted by atomic mass is 32.1. The second-order valence-corrected chi connectivity index (χ2v) is 3.84. The Balaban J connectivity index is 2.46. The van der Waals surface area contributed by atoms with Crippen LogP contribution in [0.5, 0.6) is 0 Å². The molecule has 0 bridgehead atoms. The lowest BCUT2D eigenvalue weighted by Gasteiger charge is -1.90. The largest absolute Gasteiger partial charge is 0.297 e. The number of carbonyl (C=O) groups is 1. The van der Waals surface area contributed by atoms with E-state index in [0.717, 1.165) is 27.3 Å². The molecule has 2 aromatic rings. The molecule has 0 fully saturated rings. The number of aryl methyl sites for hydroxylation is 1. The molecular formula is C9H8N2OS. The summed E-state index contributed by atoms with van der Waals surface area (Å²) < 4.78 is 0. The lowest BCUT2D eigenvalue weighted by atomic mass is 10.2. The molecule has 0 aliphatic heterocycles. The normalized spacial score (nSPS) is 10.2. The Kier molecular flexibility index (Phi) is 1.98. The van der Waals surface area contributed by atoms with Crippen LogP contribution >= 0.6 is 11.3 Å². The molecule has 2 heterocycles. The van der Waals surface area contributed by atoms with Gasteiger partial charge in [0.2, 0.25) is 0 Å². The molecule has 0 aliphatic carbocycles. The molecule has 0 spiro atoms. The first-order chi connectivity index (χ1) is 6.31. The van der Waals surface area contributed by atoms with Gasteiger partial charge in [-0.3, -0.25) is 9.89 Å². The molecule has 0 saturated carbocycles. The van der Waals surface area contributed by atoms with E-state index in [-0.39, 0.29) is 0 Å². The van der Waals surface area contributed by atoms with Gasteiger partial charge in [0.15, 0.2) is 6.29 Å². The average molecular weight is 192 g/mol. The number of thiophene rings is 1. The van der Waals surface area contributed by atoms with Gasteiger partial charge >= 0.3 is 0 Å². The molecule has 66 valence electrons. The zero-order chi connectivity index (χ0) is 9.26. The molecule has 0 saturated heterocycles. The molecule has 1 N–H and O–H groups in total. The van der Waals surface area contributed by atoms with Gasteiger partial charge in [0.1, 0.15) is 0 Å². The molecule has 2 aromatic heterocycles. The molecule has 3 nitrogen and oxygen atoms in total. The van der Waals surface area contributed by atoms with Crippen molar-refractivity contribution in [3.63, 3.8) is 0 Å². The summed E-state index contributed by atoms with van der Waals surface area (Å²) >= 11 is 1.48. The fraction of sp³-hybridized carbons (Fsp3) is 0.111. The summed E-state index contributed by atoms with van der Waals surface area (Å²) in [5.74, 6) is 0. The molecule has 2 rings (SSSR count). The first-order valence-corrected chi connectivity index (χ1v) is 4.68. The van der Waals surface area contributed by atoms with Crippen LogP contribution < -0.4 is 0 Å². The summed E-state index contributed by atoms with van der Waals surface area (Å²) in [6.45, 7) is 1.96. The maximum absolute atomic E-state index is 10.5. The van der Waals surface area contributed by atoms with Crippen molar-refractivity contribution in [1.82, 2.24) is 10.2 Å². The van der Waals surface area contributed by atoms with Gasteiger partial charge in [0, 0.05) is 16.1 Å². The van der Waals surface area contributed by atoms with E-state index in [1.54, 1.807) is 6.20 Å². The minimum absolute atomic E-state index is 0.746. The highest BCUT2D eigenvalue weighted by Gasteiger charge is 2.06. The van der Waals surface area contributed by atoms with E-state index in [1.807, 2.05) is 19.1 Å². The zero-order valence-electron chi connectivity index (χ0n) is 7.07. The third-order valence-electron chi connectivity index (χ3n) is 1.84. The summed E-state index contributed by atoms with van der Waals surface area (Å²) in [4.78, 5) is 12.3. The van der Waals surface area contributed by atoms with E-state index < -0.39 is 0 Å². The Morgan fingerprint density at radius 2 is 2.38 bits per heavy atom. The van der Waals surface area contributed by atoms with Crippen molar-refractivity contribution >= 4 is 17.6 Å². The predicted molar refractivity (Wildman–Crippen MR) is 52.0 cm³/mol. The highest BCUT2D eigenvalue weighted by molar-refractivity contribution is 7.17. The Hall–Kier alpha value is -1.42. The van der Waals surface area contributed by atoms with Crippen LogP contribution in [0, 0.1) is 6.92 Å². The number of rotatable bonds is 2. The molecule has 4 heteroatoms. The second kappa shape index (κ2) is 3.14. The summed E-state index contributed by atoms with van der Waals surface area (Å²) in [7, 11) is 0. The van der Waals surface area contributed by atoms with Crippen molar-refractivity contribution in [2.75, 3.05) is 0 Å². The summed E-state index contributed by atoms with van der Waals surface area (Å²) in [5.41, 5.74) is 2.09. The van der Waals surface area contributed by atoms with Gasteiger partial charge in [-0.25, -0.2) is 0 Å². The first-order valence-electron chi connectivity index (χ1n) is 3.86. The molecule has 0 aromatic carbocycles. The maximum Gasteiger partial charge on any atom is 0.160 e. The van der Waals surface area contributed by atoms with E-state index in [1.165, 1.54) is 11.3 Å². The maximum atomic E-state index is 10.5. The fourth-order valence-electron chi connectivity index (χ4n) is 1.16. The number of carbonyl (C=O) groups excluding carboxylic acids is 1. The van der Waals surface area contributed by atoms with Gasteiger partial charge in [-0.15, -0.1) is 11.3 Å². The van der Waals surface area contributed by atoms with E-state index in [2.05, 4.69) is 10.2 Å². The summed E-state index contributed by atoms with van der Waals surface area (Å²) in [6, 6.07) is 3.76. The van der Waals surface area contributed by atoms with E-state index in [9.17, 15) is 4.79 Å². The molecule has 0 amide bonds. The van der Waals surface area contributed by atoms with Crippen LogP contribution in [0.25, 0.3) is 10.4 Å².